The average Bonchev–Trinajstić information content (AvgIpc) is 2.91. The van der Waals surface area contributed by atoms with E-state index < -0.39 is 23.1 Å². The third kappa shape index (κ3) is 3.82. The molecule has 2 heterocycles. The van der Waals surface area contributed by atoms with Crippen LogP contribution in [0.4, 0.5) is 10.1 Å². The summed E-state index contributed by atoms with van der Waals surface area (Å²) < 4.78 is 13.2. The number of fused-ring (bicyclic) bond motifs is 1. The highest BCUT2D eigenvalue weighted by Gasteiger charge is 2.51. The molecular formula is C23H25FN2O3. The minimum atomic E-state index is -1.91. The van der Waals surface area contributed by atoms with Crippen molar-refractivity contribution in [1.29, 1.82) is 0 Å². The van der Waals surface area contributed by atoms with Gasteiger partial charge in [-0.2, -0.15) is 0 Å². The van der Waals surface area contributed by atoms with E-state index in [0.29, 0.717) is 17.9 Å². The summed E-state index contributed by atoms with van der Waals surface area (Å²) in [5, 5.41) is 11.3. The van der Waals surface area contributed by atoms with Crippen LogP contribution in [0.15, 0.2) is 48.5 Å². The van der Waals surface area contributed by atoms with E-state index in [1.54, 1.807) is 17.0 Å². The van der Waals surface area contributed by atoms with Crippen LogP contribution >= 0.6 is 0 Å². The van der Waals surface area contributed by atoms with E-state index >= 15 is 0 Å². The highest BCUT2D eigenvalue weighted by Crippen LogP contribution is 2.43. The molecular weight excluding hydrogens is 371 g/mol. The molecule has 2 aliphatic heterocycles. The normalized spacial score (nSPS) is 22.4. The van der Waals surface area contributed by atoms with Crippen molar-refractivity contribution in [3.8, 4) is 0 Å². The molecule has 152 valence electrons. The number of ketones is 1. The van der Waals surface area contributed by atoms with Crippen LogP contribution in [0.3, 0.4) is 0 Å². The van der Waals surface area contributed by atoms with E-state index in [0.717, 1.165) is 25.9 Å². The van der Waals surface area contributed by atoms with E-state index in [1.807, 2.05) is 12.1 Å². The Morgan fingerprint density at radius 3 is 2.34 bits per heavy atom. The Morgan fingerprint density at radius 1 is 1.00 bits per heavy atom. The van der Waals surface area contributed by atoms with Gasteiger partial charge in [0.2, 0.25) is 0 Å². The van der Waals surface area contributed by atoms with Gasteiger partial charge >= 0.3 is 0 Å². The molecule has 1 fully saturated rings. The molecule has 1 atom stereocenters. The molecule has 1 amide bonds. The predicted octanol–water partition coefficient (Wildman–Crippen LogP) is 3.47. The molecule has 0 aliphatic carbocycles. The number of carbonyl (C=O) groups is 2. The molecule has 0 aromatic heterocycles. The number of anilines is 1. The van der Waals surface area contributed by atoms with Gasteiger partial charge in [0.25, 0.3) is 5.91 Å². The fourth-order valence-corrected chi connectivity index (χ4v) is 4.27. The molecule has 5 nitrogen and oxygen atoms in total. The summed E-state index contributed by atoms with van der Waals surface area (Å²) in [7, 11) is 0. The van der Waals surface area contributed by atoms with Gasteiger partial charge in [0.1, 0.15) is 5.82 Å². The van der Waals surface area contributed by atoms with Crippen molar-refractivity contribution in [2.75, 3.05) is 24.7 Å². The zero-order chi connectivity index (χ0) is 20.4. The van der Waals surface area contributed by atoms with Crippen molar-refractivity contribution in [3.63, 3.8) is 0 Å². The van der Waals surface area contributed by atoms with Crippen LogP contribution < -0.4 is 4.90 Å². The van der Waals surface area contributed by atoms with Crippen molar-refractivity contribution in [2.24, 2.45) is 0 Å². The minimum Gasteiger partial charge on any atom is -0.375 e. The van der Waals surface area contributed by atoms with Crippen LogP contribution in [0.2, 0.25) is 0 Å². The van der Waals surface area contributed by atoms with Gasteiger partial charge in [-0.05, 0) is 56.3 Å². The summed E-state index contributed by atoms with van der Waals surface area (Å²) in [6, 6.07) is 12.3. The fraction of sp³-hybridized carbons (Fsp3) is 0.391. The topological polar surface area (TPSA) is 60.9 Å². The van der Waals surface area contributed by atoms with Crippen LogP contribution in [0.1, 0.15) is 48.0 Å². The summed E-state index contributed by atoms with van der Waals surface area (Å²) in [6.45, 7) is 2.24. The lowest BCUT2D eigenvalue weighted by molar-refractivity contribution is -0.136. The first-order chi connectivity index (χ1) is 14.0. The Bertz CT molecular complexity index is 907. The summed E-state index contributed by atoms with van der Waals surface area (Å²) in [5.74, 6) is -1.31. The van der Waals surface area contributed by atoms with Gasteiger partial charge in [-0.3, -0.25) is 19.4 Å². The maximum absolute atomic E-state index is 13.3. The molecule has 29 heavy (non-hydrogen) atoms. The molecule has 4 rings (SSSR count). The van der Waals surface area contributed by atoms with Crippen molar-refractivity contribution in [1.82, 2.24) is 4.90 Å². The maximum atomic E-state index is 13.3. The molecule has 2 aliphatic rings. The number of hydrogen-bond acceptors (Lipinski definition) is 4. The van der Waals surface area contributed by atoms with Crippen molar-refractivity contribution >= 4 is 17.4 Å². The molecule has 0 bridgehead atoms. The van der Waals surface area contributed by atoms with Gasteiger partial charge < -0.3 is 5.11 Å². The predicted molar refractivity (Wildman–Crippen MR) is 108 cm³/mol. The largest absolute Gasteiger partial charge is 0.375 e. The lowest BCUT2D eigenvalue weighted by Gasteiger charge is -2.28. The Hall–Kier alpha value is -2.57. The number of halogens is 1. The van der Waals surface area contributed by atoms with E-state index in [9.17, 15) is 19.1 Å². The maximum Gasteiger partial charge on any atom is 0.265 e. The number of aliphatic hydroxyl groups is 1. The standard InChI is InChI=1S/C23H25FN2O3/c24-18-11-9-17(10-12-18)21(27)15-23(29)19-7-3-4-8-20(19)26(22(23)28)16-25-13-5-1-2-6-14-25/h3-4,7-12,29H,1-2,5-6,13-16H2. The monoisotopic (exact) mass is 396 g/mol. The first-order valence-corrected chi connectivity index (χ1v) is 10.1. The lowest BCUT2D eigenvalue weighted by Crippen LogP contribution is -2.46. The Labute approximate surface area is 169 Å². The second-order valence-corrected chi connectivity index (χ2v) is 7.89. The second kappa shape index (κ2) is 8.05. The first-order valence-electron chi connectivity index (χ1n) is 10.1. The van der Waals surface area contributed by atoms with Crippen LogP contribution in [0.25, 0.3) is 0 Å². The van der Waals surface area contributed by atoms with Crippen LogP contribution in [0.5, 0.6) is 0 Å². The number of para-hydroxylation sites is 1. The van der Waals surface area contributed by atoms with Crippen molar-refractivity contribution < 1.29 is 19.1 Å². The first kappa shape index (κ1) is 19.7. The highest BCUT2D eigenvalue weighted by atomic mass is 19.1. The zero-order valence-corrected chi connectivity index (χ0v) is 16.3. The van der Waals surface area contributed by atoms with Gasteiger partial charge in [-0.25, -0.2) is 4.39 Å². The van der Waals surface area contributed by atoms with Crippen LogP contribution in [-0.4, -0.2) is 41.5 Å². The SMILES string of the molecule is O=C(CC1(O)C(=O)N(CN2CCCCCC2)c2ccccc21)c1ccc(F)cc1. The molecule has 0 saturated carbocycles. The number of nitrogens with zero attached hydrogens (tertiary/aromatic N) is 2. The van der Waals surface area contributed by atoms with Gasteiger partial charge in [0.15, 0.2) is 11.4 Å². The number of Topliss-reactive ketones (excluding diaryl/α,β-unsaturated/α-hetero) is 1. The summed E-state index contributed by atoms with van der Waals surface area (Å²) in [5.41, 5.74) is -0.531. The molecule has 2 aromatic rings. The molecule has 1 unspecified atom stereocenters. The molecule has 6 heteroatoms. The van der Waals surface area contributed by atoms with Crippen molar-refractivity contribution in [3.05, 3.63) is 65.5 Å². The lowest BCUT2D eigenvalue weighted by atomic mass is 9.88. The number of hydrogen-bond donors (Lipinski definition) is 1. The number of likely N-dealkylation sites (tertiary alicyclic amines) is 1. The Balaban J connectivity index is 1.60. The fourth-order valence-electron chi connectivity index (χ4n) is 4.27. The highest BCUT2D eigenvalue weighted by molar-refractivity contribution is 6.10. The Kier molecular flexibility index (Phi) is 5.48. The molecule has 1 N–H and O–H groups in total. The minimum absolute atomic E-state index is 0.274. The van der Waals surface area contributed by atoms with Crippen LogP contribution in [-0.2, 0) is 10.4 Å². The quantitative estimate of drug-likeness (QED) is 0.787. The number of carbonyl (C=O) groups excluding carboxylic acids is 2. The summed E-state index contributed by atoms with van der Waals surface area (Å²) >= 11 is 0. The molecule has 0 radical (unpaired) electrons. The Morgan fingerprint density at radius 2 is 1.66 bits per heavy atom. The number of rotatable bonds is 5. The second-order valence-electron chi connectivity index (χ2n) is 7.89. The number of amides is 1. The smallest absolute Gasteiger partial charge is 0.265 e. The van der Waals surface area contributed by atoms with Gasteiger partial charge in [-0.15, -0.1) is 0 Å². The third-order valence-corrected chi connectivity index (χ3v) is 5.86. The molecule has 0 spiro atoms. The van der Waals surface area contributed by atoms with Gasteiger partial charge in [0, 0.05) is 11.1 Å². The van der Waals surface area contributed by atoms with Gasteiger partial charge in [0.05, 0.1) is 18.8 Å². The van der Waals surface area contributed by atoms with Crippen molar-refractivity contribution in [2.45, 2.75) is 37.7 Å². The van der Waals surface area contributed by atoms with Crippen LogP contribution in [0, 0.1) is 5.82 Å². The summed E-state index contributed by atoms with van der Waals surface area (Å²) in [6.07, 6.45) is 4.20. The zero-order valence-electron chi connectivity index (χ0n) is 16.3. The number of benzene rings is 2. The van der Waals surface area contributed by atoms with E-state index in [2.05, 4.69) is 4.90 Å². The molecule has 1 saturated heterocycles. The van der Waals surface area contributed by atoms with E-state index in [-0.39, 0.29) is 12.0 Å². The summed E-state index contributed by atoms with van der Waals surface area (Å²) in [4.78, 5) is 29.9. The third-order valence-electron chi connectivity index (χ3n) is 5.86. The molecule has 2 aromatic carbocycles. The van der Waals surface area contributed by atoms with Gasteiger partial charge in [-0.1, -0.05) is 31.0 Å². The van der Waals surface area contributed by atoms with E-state index in [1.165, 1.54) is 37.1 Å². The van der Waals surface area contributed by atoms with E-state index in [4.69, 9.17) is 0 Å². The average molecular weight is 396 g/mol.